The number of fused-ring (bicyclic) bond motifs is 1. The zero-order chi connectivity index (χ0) is 19.5. The van der Waals surface area contributed by atoms with Crippen LogP contribution in [0.3, 0.4) is 0 Å². The Morgan fingerprint density at radius 1 is 1.14 bits per heavy atom. The highest BCUT2D eigenvalue weighted by atomic mass is 35.5. The number of likely N-dealkylation sites (tertiary alicyclic amines) is 1. The lowest BCUT2D eigenvalue weighted by Crippen LogP contribution is -2.41. The van der Waals surface area contributed by atoms with Gasteiger partial charge in [-0.05, 0) is 76.6 Å². The lowest BCUT2D eigenvalue weighted by Gasteiger charge is -2.32. The summed E-state index contributed by atoms with van der Waals surface area (Å²) in [4.78, 5) is 15.4. The minimum atomic E-state index is 0. The summed E-state index contributed by atoms with van der Waals surface area (Å²) in [5.41, 5.74) is 5.42. The van der Waals surface area contributed by atoms with E-state index in [1.54, 1.807) is 0 Å². The number of aromatic nitrogens is 2. The van der Waals surface area contributed by atoms with Crippen LogP contribution in [0.15, 0.2) is 24.3 Å². The van der Waals surface area contributed by atoms with E-state index in [-0.39, 0.29) is 18.3 Å². The Labute approximate surface area is 180 Å². The second-order valence-electron chi connectivity index (χ2n) is 8.27. The summed E-state index contributed by atoms with van der Waals surface area (Å²) in [6.07, 6.45) is 6.47. The molecule has 0 unspecified atom stereocenters. The molecule has 1 saturated heterocycles. The Bertz CT molecular complexity index is 822. The second-order valence-corrected chi connectivity index (χ2v) is 8.27. The molecule has 5 nitrogen and oxygen atoms in total. The van der Waals surface area contributed by atoms with Gasteiger partial charge in [-0.15, -0.1) is 12.4 Å². The maximum atomic E-state index is 13.3. The molecule has 2 aliphatic rings. The summed E-state index contributed by atoms with van der Waals surface area (Å²) < 4.78 is 2.03. The number of carbonyl (C=O) groups excluding carboxylic acids is 1. The SMILES string of the molecule is CCNCC1CCN(C(=O)c2nn(-c3ccc(C)cc3)c3c2CCCC3)CC1.Cl. The van der Waals surface area contributed by atoms with Crippen molar-refractivity contribution in [1.82, 2.24) is 20.0 Å². The molecule has 1 aliphatic carbocycles. The number of rotatable bonds is 5. The first kappa shape index (κ1) is 21.8. The summed E-state index contributed by atoms with van der Waals surface area (Å²) >= 11 is 0. The lowest BCUT2D eigenvalue weighted by atomic mass is 9.94. The van der Waals surface area contributed by atoms with Crippen LogP contribution in [0, 0.1) is 12.8 Å². The van der Waals surface area contributed by atoms with Gasteiger partial charge in [0.2, 0.25) is 0 Å². The van der Waals surface area contributed by atoms with E-state index < -0.39 is 0 Å². The third-order valence-corrected chi connectivity index (χ3v) is 6.25. The molecular formula is C23H33ClN4O. The van der Waals surface area contributed by atoms with Gasteiger partial charge < -0.3 is 10.2 Å². The van der Waals surface area contributed by atoms with Crippen LogP contribution >= 0.6 is 12.4 Å². The summed E-state index contributed by atoms with van der Waals surface area (Å²) in [5.74, 6) is 0.814. The van der Waals surface area contributed by atoms with Crippen molar-refractivity contribution in [3.05, 3.63) is 46.8 Å². The number of amides is 1. The quantitative estimate of drug-likeness (QED) is 0.803. The molecule has 1 aromatic carbocycles. The molecule has 2 heterocycles. The normalized spacial score (nSPS) is 17.0. The molecule has 0 spiro atoms. The molecule has 1 amide bonds. The Morgan fingerprint density at radius 2 is 1.83 bits per heavy atom. The van der Waals surface area contributed by atoms with Crippen molar-refractivity contribution in [2.75, 3.05) is 26.2 Å². The summed E-state index contributed by atoms with van der Waals surface area (Å²) in [6.45, 7) is 8.02. The maximum Gasteiger partial charge on any atom is 0.274 e. The van der Waals surface area contributed by atoms with Crippen LogP contribution in [0.2, 0.25) is 0 Å². The summed E-state index contributed by atoms with van der Waals surface area (Å²) in [7, 11) is 0. The molecule has 0 bridgehead atoms. The van der Waals surface area contributed by atoms with E-state index in [0.29, 0.717) is 11.6 Å². The fourth-order valence-corrected chi connectivity index (χ4v) is 4.51. The van der Waals surface area contributed by atoms with Gasteiger partial charge in [0.05, 0.1) is 5.69 Å². The van der Waals surface area contributed by atoms with Gasteiger partial charge in [0.15, 0.2) is 5.69 Å². The highest BCUT2D eigenvalue weighted by Gasteiger charge is 2.30. The van der Waals surface area contributed by atoms with Crippen LogP contribution in [0.4, 0.5) is 0 Å². The molecule has 158 valence electrons. The number of benzene rings is 1. The van der Waals surface area contributed by atoms with Crippen molar-refractivity contribution in [3.63, 3.8) is 0 Å². The van der Waals surface area contributed by atoms with Crippen LogP contribution in [0.1, 0.15) is 59.9 Å². The highest BCUT2D eigenvalue weighted by Crippen LogP contribution is 2.29. The van der Waals surface area contributed by atoms with Crippen LogP contribution in [0.25, 0.3) is 5.69 Å². The van der Waals surface area contributed by atoms with Gasteiger partial charge >= 0.3 is 0 Å². The Balaban J connectivity index is 0.00000240. The predicted molar refractivity (Wildman–Crippen MR) is 119 cm³/mol. The van der Waals surface area contributed by atoms with Crippen molar-refractivity contribution >= 4 is 18.3 Å². The topological polar surface area (TPSA) is 50.2 Å². The molecule has 0 radical (unpaired) electrons. The van der Waals surface area contributed by atoms with Crippen LogP contribution in [-0.4, -0.2) is 46.8 Å². The molecule has 1 fully saturated rings. The number of hydrogen-bond donors (Lipinski definition) is 1. The van der Waals surface area contributed by atoms with E-state index in [2.05, 4.69) is 43.4 Å². The summed E-state index contributed by atoms with van der Waals surface area (Å²) in [5, 5.41) is 8.29. The van der Waals surface area contributed by atoms with Gasteiger partial charge in [0, 0.05) is 24.3 Å². The standard InChI is InChI=1S/C23H32N4O.ClH/c1-3-24-16-18-12-14-26(15-13-18)23(28)22-20-6-4-5-7-21(20)27(25-22)19-10-8-17(2)9-11-19;/h8-11,18,24H,3-7,12-16H2,1-2H3;1H. The van der Waals surface area contributed by atoms with Gasteiger partial charge in [-0.1, -0.05) is 24.6 Å². The minimum absolute atomic E-state index is 0. The number of piperidine rings is 1. The van der Waals surface area contributed by atoms with Crippen LogP contribution in [0.5, 0.6) is 0 Å². The number of nitrogens with one attached hydrogen (secondary N) is 1. The minimum Gasteiger partial charge on any atom is -0.337 e. The van der Waals surface area contributed by atoms with E-state index in [1.807, 2.05) is 9.58 Å². The average molecular weight is 417 g/mol. The first-order valence-electron chi connectivity index (χ1n) is 10.8. The fourth-order valence-electron chi connectivity index (χ4n) is 4.51. The fraction of sp³-hybridized carbons (Fsp3) is 0.565. The molecule has 4 rings (SSSR count). The van der Waals surface area contributed by atoms with Crippen molar-refractivity contribution in [3.8, 4) is 5.69 Å². The number of carbonyl (C=O) groups is 1. The van der Waals surface area contributed by atoms with Gasteiger partial charge in [-0.25, -0.2) is 4.68 Å². The van der Waals surface area contributed by atoms with E-state index in [4.69, 9.17) is 5.10 Å². The van der Waals surface area contributed by atoms with Gasteiger partial charge in [-0.3, -0.25) is 4.79 Å². The molecule has 2 aromatic rings. The Hall–Kier alpha value is -1.85. The molecule has 29 heavy (non-hydrogen) atoms. The Morgan fingerprint density at radius 3 is 2.52 bits per heavy atom. The summed E-state index contributed by atoms with van der Waals surface area (Å²) in [6, 6.07) is 8.45. The third kappa shape index (κ3) is 4.67. The first-order valence-corrected chi connectivity index (χ1v) is 10.8. The van der Waals surface area contributed by atoms with Crippen LogP contribution < -0.4 is 5.32 Å². The number of hydrogen-bond acceptors (Lipinski definition) is 3. The number of aryl methyl sites for hydroxylation is 1. The monoisotopic (exact) mass is 416 g/mol. The number of nitrogens with zero attached hydrogens (tertiary/aromatic N) is 3. The maximum absolute atomic E-state index is 13.3. The van der Waals surface area contributed by atoms with Gasteiger partial charge in [-0.2, -0.15) is 5.10 Å². The Kier molecular flexibility index (Phi) is 7.36. The van der Waals surface area contributed by atoms with E-state index >= 15 is 0 Å². The molecule has 1 N–H and O–H groups in total. The second kappa shape index (κ2) is 9.77. The molecule has 0 saturated carbocycles. The molecule has 0 atom stereocenters. The molecule has 1 aromatic heterocycles. The number of halogens is 1. The highest BCUT2D eigenvalue weighted by molar-refractivity contribution is 5.94. The van der Waals surface area contributed by atoms with Crippen molar-refractivity contribution in [2.45, 2.75) is 52.4 Å². The molecule has 6 heteroatoms. The zero-order valence-electron chi connectivity index (χ0n) is 17.6. The molecule has 1 aliphatic heterocycles. The largest absolute Gasteiger partial charge is 0.337 e. The lowest BCUT2D eigenvalue weighted by molar-refractivity contribution is 0.0682. The van der Waals surface area contributed by atoms with Crippen molar-refractivity contribution in [2.24, 2.45) is 5.92 Å². The van der Waals surface area contributed by atoms with Gasteiger partial charge in [0.25, 0.3) is 5.91 Å². The van der Waals surface area contributed by atoms with Crippen molar-refractivity contribution < 1.29 is 4.79 Å². The average Bonchev–Trinajstić information content (AvgIpc) is 3.12. The third-order valence-electron chi connectivity index (χ3n) is 6.25. The smallest absolute Gasteiger partial charge is 0.274 e. The first-order chi connectivity index (χ1) is 13.7. The molecular weight excluding hydrogens is 384 g/mol. The zero-order valence-corrected chi connectivity index (χ0v) is 18.4. The van der Waals surface area contributed by atoms with Gasteiger partial charge in [0.1, 0.15) is 0 Å². The van der Waals surface area contributed by atoms with Crippen LogP contribution in [-0.2, 0) is 12.8 Å². The predicted octanol–water partition coefficient (Wildman–Crippen LogP) is 3.94. The van der Waals surface area contributed by atoms with Crippen molar-refractivity contribution in [1.29, 1.82) is 0 Å². The van der Waals surface area contributed by atoms with E-state index in [1.165, 1.54) is 23.2 Å². The van der Waals surface area contributed by atoms with E-state index in [0.717, 1.165) is 64.0 Å². The van der Waals surface area contributed by atoms with E-state index in [9.17, 15) is 4.79 Å².